The van der Waals surface area contributed by atoms with E-state index in [1.54, 1.807) is 13.0 Å². The van der Waals surface area contributed by atoms with Gasteiger partial charge in [-0.1, -0.05) is 11.3 Å². The Bertz CT molecular complexity index is 501. The van der Waals surface area contributed by atoms with E-state index >= 15 is 0 Å². The third-order valence-electron chi connectivity index (χ3n) is 1.97. The van der Waals surface area contributed by atoms with E-state index in [1.165, 1.54) is 23.5 Å². The van der Waals surface area contributed by atoms with Crippen LogP contribution in [0.2, 0.25) is 0 Å². The number of rotatable bonds is 3. The highest BCUT2D eigenvalue weighted by Gasteiger charge is 2.04. The molecule has 0 unspecified atom stereocenters. The number of aromatic nitrogens is 2. The summed E-state index contributed by atoms with van der Waals surface area (Å²) in [5.41, 5.74) is 6.18. The van der Waals surface area contributed by atoms with E-state index in [-0.39, 0.29) is 5.82 Å². The fraction of sp³-hybridized carbons (Fsp3) is 0.200. The third-order valence-corrected chi connectivity index (χ3v) is 2.70. The lowest BCUT2D eigenvalue weighted by molar-refractivity contribution is 0.302. The standard InChI is InChI=1S/C10H10FN3OS/c1-6-4-7(11)2-3-8(6)15-5-9-13-14-10(12)16-9/h2-4H,5H2,1H3,(H2,12,14). The molecule has 0 saturated carbocycles. The van der Waals surface area contributed by atoms with Crippen LogP contribution in [0.15, 0.2) is 18.2 Å². The first-order valence-electron chi connectivity index (χ1n) is 4.62. The lowest BCUT2D eigenvalue weighted by Crippen LogP contribution is -1.96. The maximum atomic E-state index is 12.8. The molecule has 84 valence electrons. The molecular formula is C10H10FN3OS. The van der Waals surface area contributed by atoms with Gasteiger partial charge in [0.1, 0.15) is 18.2 Å². The van der Waals surface area contributed by atoms with Crippen molar-refractivity contribution in [2.45, 2.75) is 13.5 Å². The SMILES string of the molecule is Cc1cc(F)ccc1OCc1nnc(N)s1. The Morgan fingerprint density at radius 2 is 2.25 bits per heavy atom. The molecule has 4 nitrogen and oxygen atoms in total. The van der Waals surface area contributed by atoms with E-state index in [1.807, 2.05) is 0 Å². The predicted molar refractivity (Wildman–Crippen MR) is 59.8 cm³/mol. The normalized spacial score (nSPS) is 10.4. The van der Waals surface area contributed by atoms with Crippen molar-refractivity contribution >= 4 is 16.5 Å². The highest BCUT2D eigenvalue weighted by Crippen LogP contribution is 2.20. The number of ether oxygens (including phenoxy) is 1. The molecule has 1 aromatic heterocycles. The van der Waals surface area contributed by atoms with Crippen LogP contribution < -0.4 is 10.5 Å². The minimum Gasteiger partial charge on any atom is -0.486 e. The molecule has 0 fully saturated rings. The fourth-order valence-corrected chi connectivity index (χ4v) is 1.76. The number of nitrogens with two attached hydrogens (primary N) is 1. The quantitative estimate of drug-likeness (QED) is 0.891. The van der Waals surface area contributed by atoms with Gasteiger partial charge in [-0.25, -0.2) is 4.39 Å². The molecule has 0 aliphatic rings. The summed E-state index contributed by atoms with van der Waals surface area (Å²) in [5.74, 6) is 0.361. The monoisotopic (exact) mass is 239 g/mol. The van der Waals surface area contributed by atoms with E-state index in [0.717, 1.165) is 5.56 Å². The maximum Gasteiger partial charge on any atom is 0.203 e. The van der Waals surface area contributed by atoms with E-state index in [2.05, 4.69) is 10.2 Å². The second-order valence-corrected chi connectivity index (χ2v) is 4.33. The lowest BCUT2D eigenvalue weighted by atomic mass is 10.2. The Kier molecular flexibility index (Phi) is 3.00. The molecule has 2 aromatic rings. The Morgan fingerprint density at radius 1 is 1.44 bits per heavy atom. The highest BCUT2D eigenvalue weighted by molar-refractivity contribution is 7.15. The zero-order valence-electron chi connectivity index (χ0n) is 8.61. The Labute approximate surface area is 95.9 Å². The molecule has 0 aliphatic carbocycles. The van der Waals surface area contributed by atoms with Crippen LogP contribution in [0.5, 0.6) is 5.75 Å². The van der Waals surface area contributed by atoms with Crippen molar-refractivity contribution in [3.8, 4) is 5.75 Å². The molecule has 0 aliphatic heterocycles. The molecular weight excluding hydrogens is 229 g/mol. The van der Waals surface area contributed by atoms with Crippen molar-refractivity contribution in [2.24, 2.45) is 0 Å². The van der Waals surface area contributed by atoms with Crippen LogP contribution in [-0.4, -0.2) is 10.2 Å². The van der Waals surface area contributed by atoms with Gasteiger partial charge >= 0.3 is 0 Å². The van der Waals surface area contributed by atoms with E-state index in [9.17, 15) is 4.39 Å². The molecule has 0 saturated heterocycles. The smallest absolute Gasteiger partial charge is 0.203 e. The molecule has 6 heteroatoms. The molecule has 0 atom stereocenters. The summed E-state index contributed by atoms with van der Waals surface area (Å²) in [7, 11) is 0. The van der Waals surface area contributed by atoms with Crippen molar-refractivity contribution in [1.82, 2.24) is 10.2 Å². The minimum atomic E-state index is -0.273. The maximum absolute atomic E-state index is 12.8. The summed E-state index contributed by atoms with van der Waals surface area (Å²) in [6, 6.07) is 4.37. The van der Waals surface area contributed by atoms with Crippen LogP contribution in [0, 0.1) is 12.7 Å². The van der Waals surface area contributed by atoms with Crippen LogP contribution in [0.25, 0.3) is 0 Å². The molecule has 0 radical (unpaired) electrons. The summed E-state index contributed by atoms with van der Waals surface area (Å²) in [4.78, 5) is 0. The Balaban J connectivity index is 2.04. The number of aryl methyl sites for hydroxylation is 1. The van der Waals surface area contributed by atoms with E-state index in [0.29, 0.717) is 22.5 Å². The zero-order chi connectivity index (χ0) is 11.5. The average Bonchev–Trinajstić information content (AvgIpc) is 2.63. The van der Waals surface area contributed by atoms with Gasteiger partial charge in [-0.3, -0.25) is 0 Å². The van der Waals surface area contributed by atoms with E-state index in [4.69, 9.17) is 10.5 Å². The molecule has 2 N–H and O–H groups in total. The Morgan fingerprint density at radius 3 is 2.88 bits per heavy atom. The zero-order valence-corrected chi connectivity index (χ0v) is 9.42. The predicted octanol–water partition coefficient (Wildman–Crippen LogP) is 2.15. The summed E-state index contributed by atoms with van der Waals surface area (Å²) in [6.45, 7) is 2.08. The summed E-state index contributed by atoms with van der Waals surface area (Å²) >= 11 is 1.27. The Hall–Kier alpha value is -1.69. The molecule has 16 heavy (non-hydrogen) atoms. The van der Waals surface area contributed by atoms with Gasteiger partial charge in [0.2, 0.25) is 5.13 Å². The van der Waals surface area contributed by atoms with Crippen molar-refractivity contribution in [1.29, 1.82) is 0 Å². The van der Waals surface area contributed by atoms with E-state index < -0.39 is 0 Å². The largest absolute Gasteiger partial charge is 0.486 e. The van der Waals surface area contributed by atoms with Gasteiger partial charge in [0, 0.05) is 0 Å². The van der Waals surface area contributed by atoms with Gasteiger partial charge in [0.05, 0.1) is 0 Å². The van der Waals surface area contributed by atoms with Crippen molar-refractivity contribution in [3.63, 3.8) is 0 Å². The summed E-state index contributed by atoms with van der Waals surface area (Å²) < 4.78 is 18.3. The van der Waals surface area contributed by atoms with Crippen LogP contribution in [0.1, 0.15) is 10.6 Å². The van der Waals surface area contributed by atoms with Gasteiger partial charge in [-0.2, -0.15) is 0 Å². The second-order valence-electron chi connectivity index (χ2n) is 3.23. The number of hydrogen-bond acceptors (Lipinski definition) is 5. The molecule has 0 amide bonds. The summed E-state index contributed by atoms with van der Waals surface area (Å²) in [6.07, 6.45) is 0. The highest BCUT2D eigenvalue weighted by atomic mass is 32.1. The number of benzene rings is 1. The number of hydrogen-bond donors (Lipinski definition) is 1. The van der Waals surface area contributed by atoms with Crippen LogP contribution in [-0.2, 0) is 6.61 Å². The first-order chi connectivity index (χ1) is 7.65. The minimum absolute atomic E-state index is 0.273. The van der Waals surface area contributed by atoms with Crippen LogP contribution >= 0.6 is 11.3 Å². The fourth-order valence-electron chi connectivity index (χ4n) is 1.24. The number of nitrogen functional groups attached to an aromatic ring is 1. The van der Waals surface area contributed by atoms with Crippen molar-refractivity contribution < 1.29 is 9.13 Å². The first-order valence-corrected chi connectivity index (χ1v) is 5.43. The van der Waals surface area contributed by atoms with Crippen LogP contribution in [0.4, 0.5) is 9.52 Å². The molecule has 1 heterocycles. The van der Waals surface area contributed by atoms with Gasteiger partial charge in [0.15, 0.2) is 5.01 Å². The van der Waals surface area contributed by atoms with Gasteiger partial charge in [-0.05, 0) is 30.7 Å². The second kappa shape index (κ2) is 4.44. The first kappa shape index (κ1) is 10.8. The van der Waals surface area contributed by atoms with Gasteiger partial charge < -0.3 is 10.5 Å². The summed E-state index contributed by atoms with van der Waals surface area (Å²) in [5, 5.41) is 8.60. The molecule has 0 bridgehead atoms. The van der Waals surface area contributed by atoms with Crippen molar-refractivity contribution in [2.75, 3.05) is 5.73 Å². The molecule has 1 aromatic carbocycles. The number of anilines is 1. The number of halogens is 1. The average molecular weight is 239 g/mol. The third kappa shape index (κ3) is 2.46. The molecule has 0 spiro atoms. The topological polar surface area (TPSA) is 61.0 Å². The van der Waals surface area contributed by atoms with Crippen LogP contribution in [0.3, 0.4) is 0 Å². The van der Waals surface area contributed by atoms with Crippen molar-refractivity contribution in [3.05, 3.63) is 34.6 Å². The van der Waals surface area contributed by atoms with Gasteiger partial charge in [0.25, 0.3) is 0 Å². The number of nitrogens with zero attached hydrogens (tertiary/aromatic N) is 2. The molecule has 2 rings (SSSR count). The lowest BCUT2D eigenvalue weighted by Gasteiger charge is -2.06. The van der Waals surface area contributed by atoms with Gasteiger partial charge in [-0.15, -0.1) is 10.2 Å².